The van der Waals surface area contributed by atoms with Crippen LogP contribution in [0.1, 0.15) is 22.8 Å². The van der Waals surface area contributed by atoms with Gasteiger partial charge in [-0.2, -0.15) is 0 Å². The molecule has 0 aliphatic heterocycles. The number of hydrogen-bond donors (Lipinski definition) is 2. The number of carbonyl (C=O) groups is 1. The van der Waals surface area contributed by atoms with E-state index in [1.54, 1.807) is 12.1 Å². The van der Waals surface area contributed by atoms with Crippen LogP contribution in [0.3, 0.4) is 0 Å². The van der Waals surface area contributed by atoms with Gasteiger partial charge in [-0.05, 0) is 30.2 Å². The Kier molecular flexibility index (Phi) is 4.46. The third-order valence-electron chi connectivity index (χ3n) is 4.16. The second-order valence-electron chi connectivity index (χ2n) is 5.70. The first kappa shape index (κ1) is 17.0. The number of aryl methyl sites for hydroxylation is 1. The molecule has 0 aliphatic rings. The van der Waals surface area contributed by atoms with Crippen molar-refractivity contribution in [1.82, 2.24) is 14.5 Å². The number of nitrogens with two attached hydrogens (primary N) is 2. The van der Waals surface area contributed by atoms with Crippen LogP contribution in [-0.4, -0.2) is 20.4 Å². The zero-order valence-corrected chi connectivity index (χ0v) is 14.7. The van der Waals surface area contributed by atoms with Gasteiger partial charge < -0.3 is 16.0 Å². The number of carbonyl (C=O) groups excluding carboxylic acids is 1. The fourth-order valence-electron chi connectivity index (χ4n) is 2.95. The van der Waals surface area contributed by atoms with E-state index in [9.17, 15) is 4.79 Å². The standard InChI is InChI=1S/C18H18ClN5O/c1-3-10-4-5-11(19)6-12(10)17-13(18(21)25)7-15(24(17)2)14-8-16(20)23-9-22-14/h4-9H,3H2,1-2H3,(H2,21,25)(H2,20,22,23). The molecule has 2 heterocycles. The van der Waals surface area contributed by atoms with Gasteiger partial charge in [0.15, 0.2) is 0 Å². The predicted octanol–water partition coefficient (Wildman–Crippen LogP) is 3.05. The molecule has 3 aromatic rings. The largest absolute Gasteiger partial charge is 0.384 e. The lowest BCUT2D eigenvalue weighted by Gasteiger charge is -2.13. The number of primary amides is 1. The van der Waals surface area contributed by atoms with Crippen molar-refractivity contribution in [2.75, 3.05) is 5.73 Å². The Morgan fingerprint density at radius 1 is 1.24 bits per heavy atom. The maximum atomic E-state index is 12.1. The molecule has 1 aromatic carbocycles. The molecule has 0 aliphatic carbocycles. The van der Waals surface area contributed by atoms with Crippen LogP contribution in [0.25, 0.3) is 22.6 Å². The summed E-state index contributed by atoms with van der Waals surface area (Å²) in [5.74, 6) is -0.161. The van der Waals surface area contributed by atoms with Crippen LogP contribution >= 0.6 is 11.6 Å². The number of hydrogen-bond acceptors (Lipinski definition) is 4. The summed E-state index contributed by atoms with van der Waals surface area (Å²) in [5, 5.41) is 0.594. The van der Waals surface area contributed by atoms with Crippen molar-refractivity contribution in [2.45, 2.75) is 13.3 Å². The number of rotatable bonds is 4. The molecule has 4 N–H and O–H groups in total. The minimum atomic E-state index is -0.513. The lowest BCUT2D eigenvalue weighted by molar-refractivity contribution is 0.100. The summed E-state index contributed by atoms with van der Waals surface area (Å²) in [6.45, 7) is 2.05. The molecule has 0 atom stereocenters. The smallest absolute Gasteiger partial charge is 0.250 e. The molecule has 128 valence electrons. The van der Waals surface area contributed by atoms with E-state index in [-0.39, 0.29) is 0 Å². The van der Waals surface area contributed by atoms with Gasteiger partial charge in [0.1, 0.15) is 12.1 Å². The molecule has 0 fully saturated rings. The van der Waals surface area contributed by atoms with E-state index in [0.29, 0.717) is 27.8 Å². The third kappa shape index (κ3) is 3.08. The summed E-state index contributed by atoms with van der Waals surface area (Å²) in [7, 11) is 1.86. The maximum absolute atomic E-state index is 12.1. The van der Waals surface area contributed by atoms with E-state index >= 15 is 0 Å². The van der Waals surface area contributed by atoms with Crippen LogP contribution in [0.2, 0.25) is 5.02 Å². The van der Waals surface area contributed by atoms with Crippen LogP contribution in [0.4, 0.5) is 5.82 Å². The summed E-state index contributed by atoms with van der Waals surface area (Å²) in [6.07, 6.45) is 2.18. The number of halogens is 1. The number of amides is 1. The molecule has 6 nitrogen and oxygen atoms in total. The van der Waals surface area contributed by atoms with Crippen molar-refractivity contribution in [3.8, 4) is 22.6 Å². The van der Waals surface area contributed by atoms with Crippen LogP contribution in [0.5, 0.6) is 0 Å². The summed E-state index contributed by atoms with van der Waals surface area (Å²) >= 11 is 6.19. The fourth-order valence-corrected chi connectivity index (χ4v) is 3.12. The monoisotopic (exact) mass is 355 g/mol. The van der Waals surface area contributed by atoms with Gasteiger partial charge in [0.2, 0.25) is 0 Å². The van der Waals surface area contributed by atoms with E-state index in [0.717, 1.165) is 23.2 Å². The van der Waals surface area contributed by atoms with Crippen LogP contribution in [0, 0.1) is 0 Å². The molecule has 0 saturated carbocycles. The Morgan fingerprint density at radius 3 is 2.64 bits per heavy atom. The lowest BCUT2D eigenvalue weighted by Crippen LogP contribution is -2.12. The Bertz CT molecular complexity index is 964. The maximum Gasteiger partial charge on any atom is 0.250 e. The van der Waals surface area contributed by atoms with E-state index in [1.807, 2.05) is 36.7 Å². The minimum Gasteiger partial charge on any atom is -0.384 e. The van der Waals surface area contributed by atoms with Crippen LogP contribution < -0.4 is 11.5 Å². The first-order valence-electron chi connectivity index (χ1n) is 7.78. The fraction of sp³-hybridized carbons (Fsp3) is 0.167. The third-order valence-corrected chi connectivity index (χ3v) is 4.39. The van der Waals surface area contributed by atoms with Crippen LogP contribution in [0.15, 0.2) is 36.7 Å². The SMILES string of the molecule is CCc1ccc(Cl)cc1-c1c(C(N)=O)cc(-c2cc(N)ncn2)n1C. The van der Waals surface area contributed by atoms with Crippen LogP contribution in [-0.2, 0) is 13.5 Å². The molecule has 0 spiro atoms. The van der Waals surface area contributed by atoms with Gasteiger partial charge in [-0.15, -0.1) is 0 Å². The summed E-state index contributed by atoms with van der Waals surface area (Å²) < 4.78 is 1.88. The van der Waals surface area contributed by atoms with Gasteiger partial charge in [-0.1, -0.05) is 24.6 Å². The zero-order chi connectivity index (χ0) is 18.1. The number of aromatic nitrogens is 3. The number of nitrogen functional groups attached to an aromatic ring is 1. The highest BCUT2D eigenvalue weighted by Gasteiger charge is 2.21. The van der Waals surface area contributed by atoms with Crippen molar-refractivity contribution in [3.05, 3.63) is 52.8 Å². The van der Waals surface area contributed by atoms with Crippen molar-refractivity contribution in [2.24, 2.45) is 12.8 Å². The average molecular weight is 356 g/mol. The second kappa shape index (κ2) is 6.57. The highest BCUT2D eigenvalue weighted by atomic mass is 35.5. The van der Waals surface area contributed by atoms with Gasteiger partial charge in [-0.25, -0.2) is 9.97 Å². The normalized spacial score (nSPS) is 10.8. The van der Waals surface area contributed by atoms with E-state index < -0.39 is 5.91 Å². The molecule has 7 heteroatoms. The first-order valence-corrected chi connectivity index (χ1v) is 8.16. The molecule has 3 rings (SSSR count). The Hall–Kier alpha value is -2.86. The van der Waals surface area contributed by atoms with Crippen molar-refractivity contribution < 1.29 is 4.79 Å². The molecule has 1 amide bonds. The average Bonchev–Trinajstić information content (AvgIpc) is 2.92. The molecule has 25 heavy (non-hydrogen) atoms. The molecule has 0 radical (unpaired) electrons. The van der Waals surface area contributed by atoms with Crippen molar-refractivity contribution in [3.63, 3.8) is 0 Å². The number of nitrogens with zero attached hydrogens (tertiary/aromatic N) is 3. The quantitative estimate of drug-likeness (QED) is 0.751. The molecule has 2 aromatic heterocycles. The van der Waals surface area contributed by atoms with E-state index in [1.165, 1.54) is 6.33 Å². The van der Waals surface area contributed by atoms with Gasteiger partial charge in [0.05, 0.1) is 22.6 Å². The summed E-state index contributed by atoms with van der Waals surface area (Å²) in [4.78, 5) is 20.2. The molecule has 0 bridgehead atoms. The summed E-state index contributed by atoms with van der Waals surface area (Å²) in [6, 6.07) is 9.02. The Balaban J connectivity index is 2.31. The zero-order valence-electron chi connectivity index (χ0n) is 14.0. The number of benzene rings is 1. The van der Waals surface area contributed by atoms with Crippen molar-refractivity contribution >= 4 is 23.3 Å². The Labute approximate surface area is 150 Å². The number of anilines is 1. The van der Waals surface area contributed by atoms with Crippen molar-refractivity contribution in [1.29, 1.82) is 0 Å². The second-order valence-corrected chi connectivity index (χ2v) is 6.13. The molecule has 0 unspecified atom stereocenters. The molecule has 0 saturated heterocycles. The van der Waals surface area contributed by atoms with Gasteiger partial charge in [0.25, 0.3) is 5.91 Å². The summed E-state index contributed by atoms with van der Waals surface area (Å²) in [5.41, 5.74) is 15.8. The highest BCUT2D eigenvalue weighted by molar-refractivity contribution is 6.31. The van der Waals surface area contributed by atoms with E-state index in [4.69, 9.17) is 23.1 Å². The minimum absolute atomic E-state index is 0.352. The lowest BCUT2D eigenvalue weighted by atomic mass is 9.99. The van der Waals surface area contributed by atoms with Gasteiger partial charge in [-0.3, -0.25) is 4.79 Å². The molecular formula is C18H18ClN5O. The predicted molar refractivity (Wildman–Crippen MR) is 99.2 cm³/mol. The topological polar surface area (TPSA) is 99.8 Å². The Morgan fingerprint density at radius 2 is 2.00 bits per heavy atom. The van der Waals surface area contributed by atoms with Gasteiger partial charge in [0, 0.05) is 23.7 Å². The highest BCUT2D eigenvalue weighted by Crippen LogP contribution is 2.35. The first-order chi connectivity index (χ1) is 11.9. The van der Waals surface area contributed by atoms with Gasteiger partial charge >= 0.3 is 0 Å². The molecular weight excluding hydrogens is 338 g/mol. The van der Waals surface area contributed by atoms with E-state index in [2.05, 4.69) is 9.97 Å².